The van der Waals surface area contributed by atoms with Crippen LogP contribution in [-0.2, 0) is 11.3 Å². The van der Waals surface area contributed by atoms with Crippen LogP contribution in [0, 0.1) is 6.92 Å². The third kappa shape index (κ3) is 6.55. The number of nitrogens with zero attached hydrogens (tertiary/aromatic N) is 1. The van der Waals surface area contributed by atoms with E-state index in [0.717, 1.165) is 49.7 Å². The van der Waals surface area contributed by atoms with E-state index < -0.39 is 0 Å². The van der Waals surface area contributed by atoms with Gasteiger partial charge in [0.1, 0.15) is 12.4 Å². The Labute approximate surface area is 116 Å². The molecule has 1 aromatic heterocycles. The summed E-state index contributed by atoms with van der Waals surface area (Å²) >= 11 is 0. The number of aromatic nitrogens is 1. The number of nitrogens with one attached hydrogen (secondary N) is 1. The summed E-state index contributed by atoms with van der Waals surface area (Å²) in [4.78, 5) is 4.51. The highest BCUT2D eigenvalue weighted by atomic mass is 16.5. The fraction of sp³-hybridized carbons (Fsp3) is 0.667. The third-order valence-corrected chi connectivity index (χ3v) is 2.74. The van der Waals surface area contributed by atoms with E-state index in [1.165, 1.54) is 0 Å². The SMILES string of the molecule is CCCCOCCOc1ccc(C)nc1CNCC. The molecular weight excluding hydrogens is 240 g/mol. The fourth-order valence-electron chi connectivity index (χ4n) is 1.66. The summed E-state index contributed by atoms with van der Waals surface area (Å²) in [5.74, 6) is 0.852. The predicted molar refractivity (Wildman–Crippen MR) is 77.6 cm³/mol. The van der Waals surface area contributed by atoms with E-state index in [1.54, 1.807) is 0 Å². The Kier molecular flexibility index (Phi) is 8.18. The highest BCUT2D eigenvalue weighted by Gasteiger charge is 2.05. The number of unbranched alkanes of at least 4 members (excludes halogenated alkanes) is 1. The van der Waals surface area contributed by atoms with Gasteiger partial charge in [-0.1, -0.05) is 20.3 Å². The van der Waals surface area contributed by atoms with Crippen molar-refractivity contribution >= 4 is 0 Å². The van der Waals surface area contributed by atoms with E-state index in [4.69, 9.17) is 9.47 Å². The molecule has 4 heteroatoms. The molecule has 0 atom stereocenters. The minimum Gasteiger partial charge on any atom is -0.489 e. The van der Waals surface area contributed by atoms with Gasteiger partial charge in [-0.05, 0) is 32.0 Å². The summed E-state index contributed by atoms with van der Waals surface area (Å²) in [6, 6.07) is 3.96. The zero-order valence-corrected chi connectivity index (χ0v) is 12.4. The minimum atomic E-state index is 0.577. The number of aryl methyl sites for hydroxylation is 1. The number of rotatable bonds is 10. The van der Waals surface area contributed by atoms with Gasteiger partial charge in [-0.15, -0.1) is 0 Å². The molecule has 0 saturated carbocycles. The minimum absolute atomic E-state index is 0.577. The lowest BCUT2D eigenvalue weighted by Crippen LogP contribution is -2.15. The van der Waals surface area contributed by atoms with Gasteiger partial charge in [0.2, 0.25) is 0 Å². The maximum atomic E-state index is 5.74. The van der Waals surface area contributed by atoms with Crippen LogP contribution in [0.1, 0.15) is 38.1 Å². The van der Waals surface area contributed by atoms with Crippen LogP contribution < -0.4 is 10.1 Å². The van der Waals surface area contributed by atoms with Gasteiger partial charge >= 0.3 is 0 Å². The summed E-state index contributed by atoms with van der Waals surface area (Å²) in [5, 5.41) is 3.28. The van der Waals surface area contributed by atoms with Crippen LogP contribution in [-0.4, -0.2) is 31.3 Å². The summed E-state index contributed by atoms with van der Waals surface area (Å²) in [7, 11) is 0. The van der Waals surface area contributed by atoms with E-state index in [1.807, 2.05) is 19.1 Å². The molecule has 0 radical (unpaired) electrons. The van der Waals surface area contributed by atoms with Gasteiger partial charge in [0.15, 0.2) is 0 Å². The van der Waals surface area contributed by atoms with Crippen molar-refractivity contribution in [2.24, 2.45) is 0 Å². The predicted octanol–water partition coefficient (Wildman–Crippen LogP) is 2.70. The van der Waals surface area contributed by atoms with Crippen molar-refractivity contribution in [3.05, 3.63) is 23.5 Å². The second-order valence-electron chi connectivity index (χ2n) is 4.49. The van der Waals surface area contributed by atoms with Gasteiger partial charge in [-0.25, -0.2) is 0 Å². The van der Waals surface area contributed by atoms with Crippen LogP contribution in [0.5, 0.6) is 5.75 Å². The Morgan fingerprint density at radius 1 is 1.16 bits per heavy atom. The topological polar surface area (TPSA) is 43.4 Å². The lowest BCUT2D eigenvalue weighted by atomic mass is 10.3. The normalized spacial score (nSPS) is 10.7. The van der Waals surface area contributed by atoms with Crippen molar-refractivity contribution in [2.45, 2.75) is 40.2 Å². The molecule has 0 aromatic carbocycles. The van der Waals surface area contributed by atoms with E-state index in [9.17, 15) is 0 Å². The first-order valence-corrected chi connectivity index (χ1v) is 7.15. The highest BCUT2D eigenvalue weighted by Crippen LogP contribution is 2.16. The first kappa shape index (κ1) is 15.9. The molecule has 0 unspecified atom stereocenters. The maximum Gasteiger partial charge on any atom is 0.142 e. The highest BCUT2D eigenvalue weighted by molar-refractivity contribution is 5.29. The molecule has 0 aliphatic carbocycles. The number of hydrogen-bond acceptors (Lipinski definition) is 4. The lowest BCUT2D eigenvalue weighted by Gasteiger charge is -2.12. The molecule has 0 spiro atoms. The second kappa shape index (κ2) is 9.75. The molecule has 1 heterocycles. The van der Waals surface area contributed by atoms with Crippen molar-refractivity contribution in [2.75, 3.05) is 26.4 Å². The second-order valence-corrected chi connectivity index (χ2v) is 4.49. The molecule has 19 heavy (non-hydrogen) atoms. The van der Waals surface area contributed by atoms with Crippen LogP contribution in [0.25, 0.3) is 0 Å². The summed E-state index contributed by atoms with van der Waals surface area (Å²) < 4.78 is 11.2. The smallest absolute Gasteiger partial charge is 0.142 e. The fourth-order valence-corrected chi connectivity index (χ4v) is 1.66. The van der Waals surface area contributed by atoms with Crippen LogP contribution in [0.3, 0.4) is 0 Å². The first-order chi connectivity index (χ1) is 9.27. The number of hydrogen-bond donors (Lipinski definition) is 1. The van der Waals surface area contributed by atoms with Gasteiger partial charge in [-0.2, -0.15) is 0 Å². The van der Waals surface area contributed by atoms with E-state index in [-0.39, 0.29) is 0 Å². The Morgan fingerprint density at radius 2 is 2.00 bits per heavy atom. The van der Waals surface area contributed by atoms with Gasteiger partial charge in [0, 0.05) is 18.8 Å². The molecule has 4 nitrogen and oxygen atoms in total. The average molecular weight is 266 g/mol. The quantitative estimate of drug-likeness (QED) is 0.661. The van der Waals surface area contributed by atoms with Gasteiger partial charge in [0.25, 0.3) is 0 Å². The molecule has 108 valence electrons. The third-order valence-electron chi connectivity index (χ3n) is 2.74. The van der Waals surface area contributed by atoms with E-state index >= 15 is 0 Å². The molecular formula is C15H26N2O2. The van der Waals surface area contributed by atoms with Gasteiger partial charge in [-0.3, -0.25) is 4.98 Å². The Hall–Kier alpha value is -1.13. The molecule has 0 saturated heterocycles. The molecule has 0 aliphatic rings. The molecule has 0 aliphatic heterocycles. The van der Waals surface area contributed by atoms with Crippen LogP contribution in [0.15, 0.2) is 12.1 Å². The molecule has 0 amide bonds. The zero-order chi connectivity index (χ0) is 13.9. The van der Waals surface area contributed by atoms with Crippen LogP contribution >= 0.6 is 0 Å². The Bertz CT molecular complexity index is 356. The van der Waals surface area contributed by atoms with Crippen molar-refractivity contribution in [1.29, 1.82) is 0 Å². The maximum absolute atomic E-state index is 5.74. The summed E-state index contributed by atoms with van der Waals surface area (Å²) in [6.07, 6.45) is 2.27. The van der Waals surface area contributed by atoms with Gasteiger partial charge < -0.3 is 14.8 Å². The Balaban J connectivity index is 2.38. The van der Waals surface area contributed by atoms with E-state index in [2.05, 4.69) is 24.1 Å². The molecule has 1 aromatic rings. The Morgan fingerprint density at radius 3 is 2.74 bits per heavy atom. The standard InChI is InChI=1S/C15H26N2O2/c1-4-6-9-18-10-11-19-15-8-7-13(3)17-14(15)12-16-5-2/h7-8,16H,4-6,9-12H2,1-3H3. The molecule has 1 rings (SSSR count). The number of ether oxygens (including phenoxy) is 2. The number of pyridine rings is 1. The lowest BCUT2D eigenvalue weighted by molar-refractivity contribution is 0.0975. The van der Waals surface area contributed by atoms with E-state index in [0.29, 0.717) is 13.2 Å². The van der Waals surface area contributed by atoms with Crippen molar-refractivity contribution in [3.8, 4) is 5.75 Å². The monoisotopic (exact) mass is 266 g/mol. The van der Waals surface area contributed by atoms with Crippen LogP contribution in [0.4, 0.5) is 0 Å². The molecule has 1 N–H and O–H groups in total. The first-order valence-electron chi connectivity index (χ1n) is 7.15. The summed E-state index contributed by atoms with van der Waals surface area (Å²) in [5.41, 5.74) is 1.98. The zero-order valence-electron chi connectivity index (χ0n) is 12.4. The molecule has 0 fully saturated rings. The largest absolute Gasteiger partial charge is 0.489 e. The average Bonchev–Trinajstić information content (AvgIpc) is 2.42. The van der Waals surface area contributed by atoms with Gasteiger partial charge in [0.05, 0.1) is 12.3 Å². The van der Waals surface area contributed by atoms with Crippen molar-refractivity contribution in [3.63, 3.8) is 0 Å². The molecule has 0 bridgehead atoms. The van der Waals surface area contributed by atoms with Crippen LogP contribution in [0.2, 0.25) is 0 Å². The summed E-state index contributed by atoms with van der Waals surface area (Å²) in [6.45, 7) is 9.92. The van der Waals surface area contributed by atoms with Crippen molar-refractivity contribution < 1.29 is 9.47 Å². The van der Waals surface area contributed by atoms with Crippen molar-refractivity contribution in [1.82, 2.24) is 10.3 Å².